The quantitative estimate of drug-likeness (QED) is 0.460. The van der Waals surface area contributed by atoms with Gasteiger partial charge in [0.15, 0.2) is 0 Å². The average Bonchev–Trinajstić information content (AvgIpc) is 2.82. The standard InChI is InChI=1S/C28H30O7/c1-17-7-6-10-20(29)9-5-3-4-8-19-15-23-26(27(31)25(19)28(32)34-17)22(16-24(30)35-23)18-11-13-21(33-2)14-12-18/h4,8,11-15,17,22,31H,3,5-7,9-10,16H2,1-2H3/t17-,22?/m0/s1. The Kier molecular flexibility index (Phi) is 7.54. The number of carbonyl (C=O) groups is 3. The minimum Gasteiger partial charge on any atom is -0.507 e. The Balaban J connectivity index is 1.79. The van der Waals surface area contributed by atoms with Crippen LogP contribution in [0.15, 0.2) is 36.4 Å². The molecule has 184 valence electrons. The molecule has 0 fully saturated rings. The van der Waals surface area contributed by atoms with Crippen molar-refractivity contribution in [2.75, 3.05) is 7.11 Å². The number of cyclic esters (lactones) is 1. The first kappa shape index (κ1) is 24.5. The van der Waals surface area contributed by atoms with Gasteiger partial charge in [0.1, 0.15) is 28.6 Å². The minimum atomic E-state index is -0.647. The van der Waals surface area contributed by atoms with Crippen molar-refractivity contribution in [2.45, 2.75) is 63.9 Å². The Labute approximate surface area is 204 Å². The number of fused-ring (bicyclic) bond motifs is 2. The molecule has 35 heavy (non-hydrogen) atoms. The van der Waals surface area contributed by atoms with Gasteiger partial charge in [-0.2, -0.15) is 0 Å². The number of ether oxygens (including phenoxy) is 3. The highest BCUT2D eigenvalue weighted by Crippen LogP contribution is 2.47. The lowest BCUT2D eigenvalue weighted by atomic mass is 9.83. The molecule has 2 aliphatic rings. The number of hydrogen-bond donors (Lipinski definition) is 1. The molecule has 2 heterocycles. The van der Waals surface area contributed by atoms with Crippen LogP contribution in [0, 0.1) is 0 Å². The number of phenols is 1. The highest BCUT2D eigenvalue weighted by molar-refractivity contribution is 5.98. The summed E-state index contributed by atoms with van der Waals surface area (Å²) in [5.41, 5.74) is 1.64. The maximum absolute atomic E-state index is 13.2. The SMILES string of the molecule is COc1ccc(C2CC(=O)Oc3cc4c(c(O)c32)C(=O)O[C@@H](C)CCCC(=O)CCCC=C4)cc1. The van der Waals surface area contributed by atoms with Crippen LogP contribution in [0.25, 0.3) is 6.08 Å². The summed E-state index contributed by atoms with van der Waals surface area (Å²) in [7, 11) is 1.57. The van der Waals surface area contributed by atoms with Crippen LogP contribution in [-0.2, 0) is 14.3 Å². The van der Waals surface area contributed by atoms with Crippen LogP contribution in [0.5, 0.6) is 17.2 Å². The van der Waals surface area contributed by atoms with E-state index in [2.05, 4.69) is 0 Å². The van der Waals surface area contributed by atoms with Crippen LogP contribution in [0.1, 0.15) is 84.8 Å². The van der Waals surface area contributed by atoms with Gasteiger partial charge in [0.25, 0.3) is 0 Å². The zero-order chi connectivity index (χ0) is 24.9. The van der Waals surface area contributed by atoms with Crippen LogP contribution < -0.4 is 9.47 Å². The number of esters is 2. The van der Waals surface area contributed by atoms with E-state index < -0.39 is 24.0 Å². The van der Waals surface area contributed by atoms with E-state index in [-0.39, 0.29) is 29.3 Å². The van der Waals surface area contributed by atoms with Crippen LogP contribution >= 0.6 is 0 Å². The van der Waals surface area contributed by atoms with E-state index in [1.165, 1.54) is 0 Å². The number of methoxy groups -OCH3 is 1. The predicted octanol–water partition coefficient (Wildman–Crippen LogP) is 5.32. The van der Waals surface area contributed by atoms with Crippen molar-refractivity contribution < 1.29 is 33.7 Å². The van der Waals surface area contributed by atoms with Gasteiger partial charge in [-0.1, -0.05) is 24.3 Å². The van der Waals surface area contributed by atoms with Gasteiger partial charge >= 0.3 is 11.9 Å². The number of aromatic hydroxyl groups is 1. The molecule has 0 amide bonds. The van der Waals surface area contributed by atoms with Crippen molar-refractivity contribution in [2.24, 2.45) is 0 Å². The van der Waals surface area contributed by atoms with E-state index in [1.807, 2.05) is 18.2 Å². The molecular weight excluding hydrogens is 448 g/mol. The second-order valence-electron chi connectivity index (χ2n) is 9.05. The number of Topliss-reactive ketones (excluding diaryl/α,β-unsaturated/α-hetero) is 1. The van der Waals surface area contributed by atoms with E-state index in [0.29, 0.717) is 55.4 Å². The summed E-state index contributed by atoms with van der Waals surface area (Å²) in [5.74, 6) is -0.697. The van der Waals surface area contributed by atoms with Gasteiger partial charge in [0.2, 0.25) is 0 Å². The summed E-state index contributed by atoms with van der Waals surface area (Å²) < 4.78 is 16.4. The Morgan fingerprint density at radius 3 is 2.54 bits per heavy atom. The van der Waals surface area contributed by atoms with Crippen LogP contribution in [0.2, 0.25) is 0 Å². The molecule has 2 aromatic carbocycles. The number of allylic oxidation sites excluding steroid dienone is 1. The van der Waals surface area contributed by atoms with Gasteiger partial charge in [-0.15, -0.1) is 0 Å². The van der Waals surface area contributed by atoms with Gasteiger partial charge in [-0.05, 0) is 61.9 Å². The number of carbonyl (C=O) groups excluding carboxylic acids is 3. The fourth-order valence-electron chi connectivity index (χ4n) is 4.64. The predicted molar refractivity (Wildman–Crippen MR) is 130 cm³/mol. The number of hydrogen-bond acceptors (Lipinski definition) is 7. The zero-order valence-electron chi connectivity index (χ0n) is 20.0. The van der Waals surface area contributed by atoms with E-state index in [0.717, 1.165) is 5.56 Å². The normalized spacial score (nSPS) is 21.3. The van der Waals surface area contributed by atoms with Gasteiger partial charge in [0, 0.05) is 24.3 Å². The second-order valence-corrected chi connectivity index (χ2v) is 9.05. The molecule has 1 unspecified atom stereocenters. The molecule has 2 aromatic rings. The molecule has 2 atom stereocenters. The molecule has 4 rings (SSSR count). The average molecular weight is 479 g/mol. The highest BCUT2D eigenvalue weighted by Gasteiger charge is 2.35. The molecule has 0 radical (unpaired) electrons. The molecule has 0 aromatic heterocycles. The lowest BCUT2D eigenvalue weighted by molar-refractivity contribution is -0.135. The lowest BCUT2D eigenvalue weighted by Crippen LogP contribution is -2.23. The van der Waals surface area contributed by atoms with Crippen LogP contribution in [0.3, 0.4) is 0 Å². The number of benzene rings is 2. The first-order valence-electron chi connectivity index (χ1n) is 12.0. The van der Waals surface area contributed by atoms with Gasteiger partial charge in [-0.25, -0.2) is 4.79 Å². The third kappa shape index (κ3) is 5.56. The highest BCUT2D eigenvalue weighted by atomic mass is 16.5. The number of ketones is 1. The largest absolute Gasteiger partial charge is 0.507 e. The van der Waals surface area contributed by atoms with Crippen molar-refractivity contribution in [3.8, 4) is 17.2 Å². The van der Waals surface area contributed by atoms with Crippen molar-refractivity contribution >= 4 is 23.8 Å². The summed E-state index contributed by atoms with van der Waals surface area (Å²) >= 11 is 0. The molecule has 0 saturated heterocycles. The Bertz CT molecular complexity index is 1150. The maximum Gasteiger partial charge on any atom is 0.342 e. The first-order chi connectivity index (χ1) is 16.9. The molecule has 2 aliphatic heterocycles. The first-order valence-corrected chi connectivity index (χ1v) is 12.0. The van der Waals surface area contributed by atoms with E-state index >= 15 is 0 Å². The summed E-state index contributed by atoms with van der Waals surface area (Å²) in [6.07, 6.45) is 6.69. The fourth-order valence-corrected chi connectivity index (χ4v) is 4.64. The molecular formula is C28H30O7. The van der Waals surface area contributed by atoms with E-state index in [1.54, 1.807) is 38.3 Å². The van der Waals surface area contributed by atoms with Crippen molar-refractivity contribution in [1.29, 1.82) is 0 Å². The molecule has 0 bridgehead atoms. The Hall–Kier alpha value is -3.61. The minimum absolute atomic E-state index is 0.0288. The Morgan fingerprint density at radius 1 is 1.06 bits per heavy atom. The van der Waals surface area contributed by atoms with E-state index in [9.17, 15) is 19.5 Å². The molecule has 0 aliphatic carbocycles. The third-order valence-electron chi connectivity index (χ3n) is 6.50. The molecule has 7 nitrogen and oxygen atoms in total. The topological polar surface area (TPSA) is 99.1 Å². The maximum atomic E-state index is 13.2. The second kappa shape index (κ2) is 10.8. The third-order valence-corrected chi connectivity index (χ3v) is 6.50. The summed E-state index contributed by atoms with van der Waals surface area (Å²) in [6.45, 7) is 1.78. The fraction of sp³-hybridized carbons (Fsp3) is 0.393. The zero-order valence-corrected chi connectivity index (χ0v) is 20.0. The number of phenolic OH excluding ortho intramolecular Hbond substituents is 1. The van der Waals surface area contributed by atoms with Gasteiger partial charge in [-0.3, -0.25) is 9.59 Å². The molecule has 0 saturated carbocycles. The number of rotatable bonds is 2. The van der Waals surface area contributed by atoms with Crippen molar-refractivity contribution in [3.63, 3.8) is 0 Å². The molecule has 7 heteroatoms. The molecule has 1 N–H and O–H groups in total. The van der Waals surface area contributed by atoms with Crippen molar-refractivity contribution in [1.82, 2.24) is 0 Å². The molecule has 0 spiro atoms. The lowest BCUT2D eigenvalue weighted by Gasteiger charge is -2.27. The summed E-state index contributed by atoms with van der Waals surface area (Å²) in [6, 6.07) is 8.85. The monoisotopic (exact) mass is 478 g/mol. The Morgan fingerprint density at radius 2 is 1.80 bits per heavy atom. The van der Waals surface area contributed by atoms with Crippen LogP contribution in [-0.4, -0.2) is 36.0 Å². The smallest absolute Gasteiger partial charge is 0.342 e. The summed E-state index contributed by atoms with van der Waals surface area (Å²) in [4.78, 5) is 37.7. The summed E-state index contributed by atoms with van der Waals surface area (Å²) in [5, 5.41) is 11.4. The van der Waals surface area contributed by atoms with Crippen LogP contribution in [0.4, 0.5) is 0 Å². The van der Waals surface area contributed by atoms with Gasteiger partial charge in [0.05, 0.1) is 19.6 Å². The van der Waals surface area contributed by atoms with Gasteiger partial charge < -0.3 is 19.3 Å². The van der Waals surface area contributed by atoms with E-state index in [4.69, 9.17) is 14.2 Å². The van der Waals surface area contributed by atoms with Crippen molar-refractivity contribution in [3.05, 3.63) is 58.7 Å².